The van der Waals surface area contributed by atoms with Crippen molar-refractivity contribution >= 4 is 21.6 Å². The van der Waals surface area contributed by atoms with Crippen molar-refractivity contribution in [3.63, 3.8) is 0 Å². The van der Waals surface area contributed by atoms with E-state index in [-0.39, 0.29) is 10.8 Å². The predicted molar refractivity (Wildman–Crippen MR) is 127 cm³/mol. The van der Waals surface area contributed by atoms with Crippen LogP contribution in [0.15, 0.2) is 53.4 Å². The van der Waals surface area contributed by atoms with Gasteiger partial charge in [-0.3, -0.25) is 4.79 Å². The van der Waals surface area contributed by atoms with E-state index in [4.69, 9.17) is 4.74 Å². The van der Waals surface area contributed by atoms with Crippen molar-refractivity contribution in [3.05, 3.63) is 59.7 Å². The topological polar surface area (TPSA) is 79.0 Å². The number of ether oxygens (including phenoxy) is 1. The van der Waals surface area contributed by atoms with Gasteiger partial charge in [-0.05, 0) is 49.1 Å². The maximum atomic E-state index is 13.2. The molecule has 0 unspecified atom stereocenters. The molecule has 0 spiro atoms. The minimum Gasteiger partial charge on any atom is -0.379 e. The van der Waals surface area contributed by atoms with E-state index in [0.29, 0.717) is 44.8 Å². The third-order valence-electron chi connectivity index (χ3n) is 5.70. The fourth-order valence-electron chi connectivity index (χ4n) is 3.74. The molecular formula is C24H33N3O4S. The van der Waals surface area contributed by atoms with Crippen molar-refractivity contribution in [2.75, 3.05) is 51.3 Å². The monoisotopic (exact) mass is 459 g/mol. The van der Waals surface area contributed by atoms with Gasteiger partial charge in [0.05, 0.1) is 18.1 Å². The van der Waals surface area contributed by atoms with Crippen LogP contribution in [-0.2, 0) is 21.2 Å². The van der Waals surface area contributed by atoms with Crippen molar-refractivity contribution < 1.29 is 17.9 Å². The standard InChI is InChI=1S/C24H33N3O4S/c1-3-20-11-12-21(19-23(20)32(29,30)27-15-17-31-18-16-27)24(28)25-13-7-8-14-26(2)22-9-5-4-6-10-22/h4-6,9-12,19H,3,7-8,13-18H2,1-2H3,(H,25,28). The number of benzene rings is 2. The molecule has 1 aliphatic heterocycles. The van der Waals surface area contributed by atoms with E-state index < -0.39 is 10.0 Å². The molecule has 2 aromatic carbocycles. The molecule has 1 amide bonds. The van der Waals surface area contributed by atoms with E-state index in [1.165, 1.54) is 16.1 Å². The van der Waals surface area contributed by atoms with Gasteiger partial charge in [-0.15, -0.1) is 0 Å². The summed E-state index contributed by atoms with van der Waals surface area (Å²) in [4.78, 5) is 15.1. The number of aryl methyl sites for hydroxylation is 1. The molecule has 32 heavy (non-hydrogen) atoms. The first-order valence-corrected chi connectivity index (χ1v) is 12.6. The third-order valence-corrected chi connectivity index (χ3v) is 7.68. The zero-order chi connectivity index (χ0) is 23.0. The van der Waals surface area contributed by atoms with Gasteiger partial charge in [-0.25, -0.2) is 8.42 Å². The van der Waals surface area contributed by atoms with Crippen LogP contribution in [0, 0.1) is 0 Å². The first-order valence-electron chi connectivity index (χ1n) is 11.2. The number of nitrogens with zero attached hydrogens (tertiary/aromatic N) is 2. The average molecular weight is 460 g/mol. The Hall–Kier alpha value is -2.42. The van der Waals surface area contributed by atoms with Crippen molar-refractivity contribution in [1.82, 2.24) is 9.62 Å². The Morgan fingerprint density at radius 2 is 1.81 bits per heavy atom. The number of anilines is 1. The van der Waals surface area contributed by atoms with Gasteiger partial charge in [0.1, 0.15) is 0 Å². The van der Waals surface area contributed by atoms with E-state index >= 15 is 0 Å². The number of sulfonamides is 1. The summed E-state index contributed by atoms with van der Waals surface area (Å²) < 4.78 is 33.0. The molecule has 2 aromatic rings. The summed E-state index contributed by atoms with van der Waals surface area (Å²) in [6.07, 6.45) is 2.36. The van der Waals surface area contributed by atoms with Crippen LogP contribution in [0.25, 0.3) is 0 Å². The largest absolute Gasteiger partial charge is 0.379 e. The Morgan fingerprint density at radius 3 is 2.50 bits per heavy atom. The normalized spacial score (nSPS) is 14.8. The lowest BCUT2D eigenvalue weighted by Gasteiger charge is -2.27. The number of carbonyl (C=O) groups is 1. The molecule has 0 aromatic heterocycles. The fourth-order valence-corrected chi connectivity index (χ4v) is 5.47. The predicted octanol–water partition coefficient (Wildman–Crippen LogP) is 2.92. The highest BCUT2D eigenvalue weighted by atomic mass is 32.2. The zero-order valence-electron chi connectivity index (χ0n) is 18.9. The molecule has 1 heterocycles. The van der Waals surface area contributed by atoms with Crippen LogP contribution >= 0.6 is 0 Å². The van der Waals surface area contributed by atoms with E-state index in [1.807, 2.05) is 25.1 Å². The number of hydrogen-bond donors (Lipinski definition) is 1. The zero-order valence-corrected chi connectivity index (χ0v) is 19.7. The molecule has 1 fully saturated rings. The summed E-state index contributed by atoms with van der Waals surface area (Å²) in [6, 6.07) is 15.1. The van der Waals surface area contributed by atoms with E-state index in [1.54, 1.807) is 12.1 Å². The molecule has 0 saturated carbocycles. The molecule has 0 atom stereocenters. The van der Waals surface area contributed by atoms with Crippen molar-refractivity contribution in [2.45, 2.75) is 31.1 Å². The van der Waals surface area contributed by atoms with Gasteiger partial charge >= 0.3 is 0 Å². The third kappa shape index (κ3) is 6.09. The Labute approximate surface area is 191 Å². The Bertz CT molecular complexity index is 990. The van der Waals surface area contributed by atoms with Crippen molar-refractivity contribution in [3.8, 4) is 0 Å². The summed E-state index contributed by atoms with van der Waals surface area (Å²) >= 11 is 0. The van der Waals surface area contributed by atoms with Crippen LogP contribution in [0.3, 0.4) is 0 Å². The molecule has 1 aliphatic rings. The van der Waals surface area contributed by atoms with Gasteiger partial charge in [0.15, 0.2) is 0 Å². The highest BCUT2D eigenvalue weighted by molar-refractivity contribution is 7.89. The molecule has 3 rings (SSSR count). The molecule has 0 aliphatic carbocycles. The van der Waals surface area contributed by atoms with Gasteiger partial charge in [0.25, 0.3) is 5.91 Å². The highest BCUT2D eigenvalue weighted by Gasteiger charge is 2.29. The molecule has 0 bridgehead atoms. The number of nitrogens with one attached hydrogen (secondary N) is 1. The lowest BCUT2D eigenvalue weighted by Crippen LogP contribution is -2.41. The van der Waals surface area contributed by atoms with Crippen molar-refractivity contribution in [1.29, 1.82) is 0 Å². The first-order chi connectivity index (χ1) is 15.4. The van der Waals surface area contributed by atoms with E-state index in [9.17, 15) is 13.2 Å². The number of rotatable bonds is 10. The Balaban J connectivity index is 1.56. The van der Waals surface area contributed by atoms with Crippen LogP contribution in [0.4, 0.5) is 5.69 Å². The van der Waals surface area contributed by atoms with Gasteiger partial charge < -0.3 is 15.0 Å². The molecule has 1 saturated heterocycles. The van der Waals surface area contributed by atoms with E-state index in [2.05, 4.69) is 29.4 Å². The van der Waals surface area contributed by atoms with Gasteiger partial charge in [0, 0.05) is 44.5 Å². The van der Waals surface area contributed by atoms with E-state index in [0.717, 1.165) is 24.9 Å². The van der Waals surface area contributed by atoms with Crippen LogP contribution in [0.5, 0.6) is 0 Å². The summed E-state index contributed by atoms with van der Waals surface area (Å²) in [5.74, 6) is -0.248. The van der Waals surface area contributed by atoms with Crippen molar-refractivity contribution in [2.24, 2.45) is 0 Å². The smallest absolute Gasteiger partial charge is 0.251 e. The second kappa shape index (κ2) is 11.4. The number of hydrogen-bond acceptors (Lipinski definition) is 5. The quantitative estimate of drug-likeness (QED) is 0.553. The molecule has 8 heteroatoms. The highest BCUT2D eigenvalue weighted by Crippen LogP contribution is 2.23. The van der Waals surface area contributed by atoms with Gasteiger partial charge in [-0.2, -0.15) is 4.31 Å². The van der Waals surface area contributed by atoms with Gasteiger partial charge in [-0.1, -0.05) is 31.2 Å². The van der Waals surface area contributed by atoms with Crippen LogP contribution in [0.2, 0.25) is 0 Å². The number of morpholine rings is 1. The maximum absolute atomic E-state index is 13.2. The number of unbranched alkanes of at least 4 members (excludes halogenated alkanes) is 1. The Kier molecular flexibility index (Phi) is 8.67. The lowest BCUT2D eigenvalue weighted by atomic mass is 10.1. The number of amides is 1. The minimum atomic E-state index is -3.66. The second-order valence-corrected chi connectivity index (χ2v) is 9.82. The molecule has 174 valence electrons. The minimum absolute atomic E-state index is 0.221. The number of carbonyl (C=O) groups excluding carboxylic acids is 1. The summed E-state index contributed by atoms with van der Waals surface area (Å²) in [5, 5.41) is 2.92. The second-order valence-electron chi connectivity index (χ2n) is 7.91. The summed E-state index contributed by atoms with van der Waals surface area (Å²) in [7, 11) is -1.60. The molecule has 7 nitrogen and oxygen atoms in total. The lowest BCUT2D eigenvalue weighted by molar-refractivity contribution is 0.0730. The molecule has 1 N–H and O–H groups in total. The average Bonchev–Trinajstić information content (AvgIpc) is 2.84. The van der Waals surface area contributed by atoms with Crippen LogP contribution < -0.4 is 10.2 Å². The molecular weight excluding hydrogens is 426 g/mol. The molecule has 0 radical (unpaired) electrons. The fraction of sp³-hybridized carbons (Fsp3) is 0.458. The summed E-state index contributed by atoms with van der Waals surface area (Å²) in [5.41, 5.74) is 2.26. The van der Waals surface area contributed by atoms with Crippen LogP contribution in [-0.4, -0.2) is 65.1 Å². The van der Waals surface area contributed by atoms with Gasteiger partial charge in [0.2, 0.25) is 10.0 Å². The first kappa shape index (κ1) is 24.2. The SMILES string of the molecule is CCc1ccc(C(=O)NCCCCN(C)c2ccccc2)cc1S(=O)(=O)N1CCOCC1. The summed E-state index contributed by atoms with van der Waals surface area (Å²) in [6.45, 7) is 4.80. The van der Waals surface area contributed by atoms with Crippen LogP contribution in [0.1, 0.15) is 35.7 Å². The number of para-hydroxylation sites is 1. The maximum Gasteiger partial charge on any atom is 0.251 e. The Morgan fingerprint density at radius 1 is 1.09 bits per heavy atom.